The van der Waals surface area contributed by atoms with E-state index in [0.717, 1.165) is 30.1 Å². The second-order valence-corrected chi connectivity index (χ2v) is 9.72. The van der Waals surface area contributed by atoms with Crippen LogP contribution < -0.4 is 10.2 Å². The number of benzene rings is 3. The first-order valence-electron chi connectivity index (χ1n) is 11.7. The van der Waals surface area contributed by atoms with Crippen LogP contribution in [0, 0.1) is 0 Å². The van der Waals surface area contributed by atoms with Crippen molar-refractivity contribution in [3.63, 3.8) is 0 Å². The standard InChI is InChI=1S/C28H30Cl2N2O/c1-20(31-28(33)23-9-15-26(16-10-23)32-17-3-2-4-18-32)27(22-7-13-25(30)14-8-22)19-21-5-11-24(29)12-6-21/h5-16,20,27H,2-4,17-19H2,1H3,(H,31,33). The van der Waals surface area contributed by atoms with Crippen LogP contribution in [0.25, 0.3) is 0 Å². The number of rotatable bonds is 7. The fraction of sp³-hybridized carbons (Fsp3) is 0.321. The molecule has 1 saturated heterocycles. The van der Waals surface area contributed by atoms with Gasteiger partial charge in [-0.3, -0.25) is 4.79 Å². The molecule has 3 nitrogen and oxygen atoms in total. The molecule has 5 heteroatoms. The minimum absolute atomic E-state index is 0.0530. The molecule has 4 rings (SSSR count). The lowest BCUT2D eigenvalue weighted by molar-refractivity contribution is 0.0934. The van der Waals surface area contributed by atoms with Crippen LogP contribution in [-0.2, 0) is 6.42 Å². The molecule has 2 unspecified atom stereocenters. The molecular weight excluding hydrogens is 451 g/mol. The molecule has 0 radical (unpaired) electrons. The molecule has 2 atom stereocenters. The highest BCUT2D eigenvalue weighted by atomic mass is 35.5. The van der Waals surface area contributed by atoms with Crippen LogP contribution >= 0.6 is 23.2 Å². The SMILES string of the molecule is CC(NC(=O)c1ccc(N2CCCCC2)cc1)C(Cc1ccc(Cl)cc1)c1ccc(Cl)cc1. The van der Waals surface area contributed by atoms with Crippen molar-refractivity contribution < 1.29 is 4.79 Å². The van der Waals surface area contributed by atoms with Crippen LogP contribution in [0.5, 0.6) is 0 Å². The molecule has 1 heterocycles. The molecule has 33 heavy (non-hydrogen) atoms. The number of piperidine rings is 1. The van der Waals surface area contributed by atoms with Crippen LogP contribution in [0.4, 0.5) is 5.69 Å². The normalized spacial score (nSPS) is 15.7. The summed E-state index contributed by atoms with van der Waals surface area (Å²) in [5.74, 6) is 0.0442. The van der Waals surface area contributed by atoms with E-state index < -0.39 is 0 Å². The third-order valence-corrected chi connectivity index (χ3v) is 6.98. The minimum Gasteiger partial charge on any atom is -0.372 e. The fourth-order valence-electron chi connectivity index (χ4n) is 4.53. The third-order valence-electron chi connectivity index (χ3n) is 6.48. The van der Waals surface area contributed by atoms with Gasteiger partial charge in [0, 0.05) is 46.3 Å². The summed E-state index contributed by atoms with van der Waals surface area (Å²) in [4.78, 5) is 15.5. The van der Waals surface area contributed by atoms with E-state index in [9.17, 15) is 4.79 Å². The summed E-state index contributed by atoms with van der Waals surface area (Å²) in [6, 6.07) is 23.7. The van der Waals surface area contributed by atoms with Crippen LogP contribution in [0.2, 0.25) is 10.0 Å². The van der Waals surface area contributed by atoms with Gasteiger partial charge in [-0.05, 0) is 92.3 Å². The zero-order chi connectivity index (χ0) is 23.2. The number of nitrogens with one attached hydrogen (secondary N) is 1. The topological polar surface area (TPSA) is 32.3 Å². The van der Waals surface area contributed by atoms with E-state index in [2.05, 4.69) is 29.3 Å². The lowest BCUT2D eigenvalue weighted by Gasteiger charge is -2.29. The molecule has 1 amide bonds. The number of hydrogen-bond acceptors (Lipinski definition) is 2. The molecule has 1 N–H and O–H groups in total. The van der Waals surface area contributed by atoms with E-state index in [1.807, 2.05) is 60.7 Å². The number of hydrogen-bond donors (Lipinski definition) is 1. The molecule has 0 saturated carbocycles. The van der Waals surface area contributed by atoms with Crippen molar-refractivity contribution in [2.75, 3.05) is 18.0 Å². The van der Waals surface area contributed by atoms with Crippen LogP contribution in [0.1, 0.15) is 53.6 Å². The van der Waals surface area contributed by atoms with E-state index >= 15 is 0 Å². The lowest BCUT2D eigenvalue weighted by atomic mass is 9.86. The van der Waals surface area contributed by atoms with E-state index in [-0.39, 0.29) is 17.9 Å². The number of amides is 1. The third kappa shape index (κ3) is 6.31. The maximum absolute atomic E-state index is 13.1. The molecule has 0 spiro atoms. The van der Waals surface area contributed by atoms with Gasteiger partial charge in [-0.25, -0.2) is 0 Å². The Labute approximate surface area is 206 Å². The first-order chi connectivity index (χ1) is 16.0. The number of carbonyl (C=O) groups excluding carboxylic acids is 1. The average Bonchev–Trinajstić information content (AvgIpc) is 2.85. The van der Waals surface area contributed by atoms with E-state index in [1.54, 1.807) is 0 Å². The van der Waals surface area contributed by atoms with Gasteiger partial charge < -0.3 is 10.2 Å². The Kier molecular flexibility index (Phi) is 7.95. The highest BCUT2D eigenvalue weighted by Gasteiger charge is 2.22. The second-order valence-electron chi connectivity index (χ2n) is 8.85. The lowest BCUT2D eigenvalue weighted by Crippen LogP contribution is -2.38. The van der Waals surface area contributed by atoms with Gasteiger partial charge in [0.15, 0.2) is 0 Å². The molecule has 1 aliphatic rings. The fourth-order valence-corrected chi connectivity index (χ4v) is 4.79. The molecule has 1 aliphatic heterocycles. The predicted molar refractivity (Wildman–Crippen MR) is 139 cm³/mol. The average molecular weight is 481 g/mol. The van der Waals surface area contributed by atoms with Gasteiger partial charge in [0.05, 0.1) is 0 Å². The molecule has 172 valence electrons. The van der Waals surface area contributed by atoms with E-state index in [4.69, 9.17) is 23.2 Å². The zero-order valence-corrected chi connectivity index (χ0v) is 20.4. The summed E-state index contributed by atoms with van der Waals surface area (Å²) < 4.78 is 0. The largest absolute Gasteiger partial charge is 0.372 e. The molecule has 0 bridgehead atoms. The Morgan fingerprint density at radius 1 is 0.848 bits per heavy atom. The summed E-state index contributed by atoms with van der Waals surface area (Å²) in [6.07, 6.45) is 4.56. The van der Waals surface area contributed by atoms with Gasteiger partial charge in [0.1, 0.15) is 0 Å². The molecule has 3 aromatic rings. The van der Waals surface area contributed by atoms with Gasteiger partial charge in [0.2, 0.25) is 0 Å². The monoisotopic (exact) mass is 480 g/mol. The molecule has 0 aromatic heterocycles. The van der Waals surface area contributed by atoms with Gasteiger partial charge in [0.25, 0.3) is 5.91 Å². The van der Waals surface area contributed by atoms with Gasteiger partial charge in [-0.2, -0.15) is 0 Å². The van der Waals surface area contributed by atoms with Crippen LogP contribution in [-0.4, -0.2) is 25.0 Å². The molecular formula is C28H30Cl2N2O. The first kappa shape index (κ1) is 23.7. The van der Waals surface area contributed by atoms with Crippen molar-refractivity contribution in [2.45, 2.75) is 44.6 Å². The van der Waals surface area contributed by atoms with E-state index in [1.165, 1.54) is 30.5 Å². The molecule has 1 fully saturated rings. The Bertz CT molecular complexity index is 1040. The number of nitrogens with zero attached hydrogens (tertiary/aromatic N) is 1. The smallest absolute Gasteiger partial charge is 0.251 e. The van der Waals surface area contributed by atoms with Gasteiger partial charge in [-0.15, -0.1) is 0 Å². The van der Waals surface area contributed by atoms with Crippen molar-refractivity contribution >= 4 is 34.8 Å². The van der Waals surface area contributed by atoms with E-state index in [0.29, 0.717) is 10.6 Å². The van der Waals surface area contributed by atoms with Crippen LogP contribution in [0.15, 0.2) is 72.8 Å². The van der Waals surface area contributed by atoms with Gasteiger partial charge in [-0.1, -0.05) is 47.5 Å². The Morgan fingerprint density at radius 2 is 1.42 bits per heavy atom. The van der Waals surface area contributed by atoms with Gasteiger partial charge >= 0.3 is 0 Å². The van der Waals surface area contributed by atoms with Crippen molar-refractivity contribution in [2.24, 2.45) is 0 Å². The molecule has 3 aromatic carbocycles. The number of anilines is 1. The minimum atomic E-state index is -0.0730. The maximum atomic E-state index is 13.1. The Hall–Kier alpha value is -2.49. The highest BCUT2D eigenvalue weighted by Crippen LogP contribution is 2.27. The summed E-state index contributed by atoms with van der Waals surface area (Å²) in [7, 11) is 0. The first-order valence-corrected chi connectivity index (χ1v) is 12.4. The van der Waals surface area contributed by atoms with Crippen LogP contribution in [0.3, 0.4) is 0 Å². The second kappa shape index (κ2) is 11.1. The molecule has 0 aliphatic carbocycles. The number of carbonyl (C=O) groups is 1. The summed E-state index contributed by atoms with van der Waals surface area (Å²) >= 11 is 12.2. The van der Waals surface area contributed by atoms with Crippen molar-refractivity contribution in [3.05, 3.63) is 99.5 Å². The quantitative estimate of drug-likeness (QED) is 0.389. The Morgan fingerprint density at radius 3 is 2.03 bits per heavy atom. The highest BCUT2D eigenvalue weighted by molar-refractivity contribution is 6.30. The summed E-state index contributed by atoms with van der Waals surface area (Å²) in [5.41, 5.74) is 4.19. The van der Waals surface area contributed by atoms with Crippen molar-refractivity contribution in [3.8, 4) is 0 Å². The van der Waals surface area contributed by atoms with Crippen molar-refractivity contribution in [1.82, 2.24) is 5.32 Å². The zero-order valence-electron chi connectivity index (χ0n) is 18.9. The van der Waals surface area contributed by atoms with Crippen molar-refractivity contribution in [1.29, 1.82) is 0 Å². The maximum Gasteiger partial charge on any atom is 0.251 e. The summed E-state index contributed by atoms with van der Waals surface area (Å²) in [6.45, 7) is 4.25. The number of halogens is 2. The Balaban J connectivity index is 1.48. The predicted octanol–water partition coefficient (Wildman–Crippen LogP) is 7.13. The summed E-state index contributed by atoms with van der Waals surface area (Å²) in [5, 5.41) is 4.65.